The molecule has 1 N–H and O–H groups in total. The van der Waals surface area contributed by atoms with E-state index in [9.17, 15) is 14.4 Å². The van der Waals surface area contributed by atoms with Gasteiger partial charge >= 0.3 is 0 Å². The number of hydrogen-bond acceptors (Lipinski definition) is 3. The Labute approximate surface area is 146 Å². The van der Waals surface area contributed by atoms with Crippen LogP contribution >= 0.6 is 0 Å². The first kappa shape index (κ1) is 16.9. The Morgan fingerprint density at radius 3 is 2.04 bits per heavy atom. The molecule has 5 heteroatoms. The maximum Gasteiger partial charge on any atom is 0.261 e. The zero-order chi connectivity index (χ0) is 18.0. The van der Waals surface area contributed by atoms with Crippen LogP contribution in [0.25, 0.3) is 0 Å². The summed E-state index contributed by atoms with van der Waals surface area (Å²) in [4.78, 5) is 37.9. The van der Waals surface area contributed by atoms with Crippen molar-refractivity contribution >= 4 is 23.4 Å². The summed E-state index contributed by atoms with van der Waals surface area (Å²) in [7, 11) is 0. The zero-order valence-electron chi connectivity index (χ0n) is 14.3. The highest BCUT2D eigenvalue weighted by Crippen LogP contribution is 2.23. The third-order valence-electron chi connectivity index (χ3n) is 4.41. The number of nitrogens with zero attached hydrogens (tertiary/aromatic N) is 1. The second-order valence-electron chi connectivity index (χ2n) is 6.23. The lowest BCUT2D eigenvalue weighted by Gasteiger charge is -2.14. The van der Waals surface area contributed by atoms with E-state index in [-0.39, 0.29) is 30.7 Å². The van der Waals surface area contributed by atoms with Gasteiger partial charge < -0.3 is 5.32 Å². The Morgan fingerprint density at radius 1 is 0.920 bits per heavy atom. The minimum absolute atomic E-state index is 0.117. The Hall–Kier alpha value is -2.95. The van der Waals surface area contributed by atoms with Crippen molar-refractivity contribution < 1.29 is 14.4 Å². The number of anilines is 1. The van der Waals surface area contributed by atoms with Crippen LogP contribution in [0.5, 0.6) is 0 Å². The first-order chi connectivity index (χ1) is 12.0. The Bertz CT molecular complexity index is 803. The highest BCUT2D eigenvalue weighted by atomic mass is 16.2. The predicted molar refractivity (Wildman–Crippen MR) is 95.6 cm³/mol. The number of benzene rings is 2. The van der Waals surface area contributed by atoms with E-state index in [0.29, 0.717) is 17.5 Å². The number of nitrogens with one attached hydrogen (secondary N) is 1. The molecule has 0 saturated heterocycles. The van der Waals surface area contributed by atoms with Crippen molar-refractivity contribution in [2.45, 2.75) is 26.7 Å². The van der Waals surface area contributed by atoms with Gasteiger partial charge in [0.25, 0.3) is 11.8 Å². The van der Waals surface area contributed by atoms with Crippen LogP contribution in [0, 0.1) is 13.8 Å². The van der Waals surface area contributed by atoms with Crippen molar-refractivity contribution in [3.05, 3.63) is 64.7 Å². The molecule has 0 saturated carbocycles. The molecule has 128 valence electrons. The number of rotatable bonds is 5. The number of amides is 3. The number of imide groups is 1. The van der Waals surface area contributed by atoms with E-state index in [1.165, 1.54) is 4.90 Å². The zero-order valence-corrected chi connectivity index (χ0v) is 14.3. The van der Waals surface area contributed by atoms with Gasteiger partial charge in [0.05, 0.1) is 11.1 Å². The van der Waals surface area contributed by atoms with Crippen LogP contribution in [-0.2, 0) is 4.79 Å². The molecule has 0 bridgehead atoms. The molecule has 0 radical (unpaired) electrons. The van der Waals surface area contributed by atoms with Gasteiger partial charge in [-0.15, -0.1) is 0 Å². The van der Waals surface area contributed by atoms with Gasteiger partial charge in [-0.3, -0.25) is 19.3 Å². The quantitative estimate of drug-likeness (QED) is 0.852. The number of fused-ring (bicyclic) bond motifs is 1. The maximum atomic E-state index is 12.3. The highest BCUT2D eigenvalue weighted by Gasteiger charge is 2.34. The van der Waals surface area contributed by atoms with E-state index in [1.807, 2.05) is 32.0 Å². The predicted octanol–water partition coefficient (Wildman–Crippen LogP) is 3.32. The Kier molecular flexibility index (Phi) is 4.65. The fourth-order valence-electron chi connectivity index (χ4n) is 3.05. The van der Waals surface area contributed by atoms with E-state index in [4.69, 9.17) is 0 Å². The summed E-state index contributed by atoms with van der Waals surface area (Å²) in [5.74, 6) is -0.680. The van der Waals surface area contributed by atoms with Crippen molar-refractivity contribution in [3.8, 4) is 0 Å². The first-order valence-electron chi connectivity index (χ1n) is 8.30. The van der Waals surface area contributed by atoms with Gasteiger partial charge in [-0.1, -0.05) is 30.3 Å². The molecule has 5 nitrogen and oxygen atoms in total. The van der Waals surface area contributed by atoms with Crippen molar-refractivity contribution in [3.63, 3.8) is 0 Å². The van der Waals surface area contributed by atoms with E-state index >= 15 is 0 Å². The molecule has 2 aromatic rings. The van der Waals surface area contributed by atoms with Gasteiger partial charge in [0.15, 0.2) is 0 Å². The Balaban J connectivity index is 1.56. The van der Waals surface area contributed by atoms with E-state index in [1.54, 1.807) is 24.3 Å². The number of hydrogen-bond donors (Lipinski definition) is 1. The van der Waals surface area contributed by atoms with E-state index < -0.39 is 0 Å². The molecule has 3 amide bonds. The molecular weight excluding hydrogens is 316 g/mol. The van der Waals surface area contributed by atoms with Gasteiger partial charge in [-0.2, -0.15) is 0 Å². The van der Waals surface area contributed by atoms with E-state index in [0.717, 1.165) is 16.8 Å². The minimum atomic E-state index is -0.282. The summed E-state index contributed by atoms with van der Waals surface area (Å²) in [6.45, 7) is 4.13. The topological polar surface area (TPSA) is 66.5 Å². The Morgan fingerprint density at radius 2 is 1.48 bits per heavy atom. The monoisotopic (exact) mass is 336 g/mol. The lowest BCUT2D eigenvalue weighted by molar-refractivity contribution is -0.116. The van der Waals surface area contributed by atoms with Gasteiger partial charge in [0.2, 0.25) is 5.91 Å². The molecule has 0 unspecified atom stereocenters. The summed E-state index contributed by atoms with van der Waals surface area (Å²) >= 11 is 0. The molecule has 0 spiro atoms. The summed E-state index contributed by atoms with van der Waals surface area (Å²) < 4.78 is 0. The summed E-state index contributed by atoms with van der Waals surface area (Å²) in [5, 5.41) is 2.92. The van der Waals surface area contributed by atoms with Crippen LogP contribution in [0.1, 0.15) is 44.7 Å². The van der Waals surface area contributed by atoms with Gasteiger partial charge in [0, 0.05) is 18.7 Å². The van der Waals surface area contributed by atoms with E-state index in [2.05, 4.69) is 5.32 Å². The van der Waals surface area contributed by atoms with Crippen molar-refractivity contribution in [1.29, 1.82) is 0 Å². The molecule has 0 aromatic heterocycles. The van der Waals surface area contributed by atoms with Crippen LogP contribution in [0.4, 0.5) is 5.69 Å². The summed E-state index contributed by atoms with van der Waals surface area (Å²) in [6.07, 6.45) is 0.684. The van der Waals surface area contributed by atoms with Crippen LogP contribution in [0.3, 0.4) is 0 Å². The third kappa shape index (κ3) is 3.31. The van der Waals surface area contributed by atoms with Crippen molar-refractivity contribution in [1.82, 2.24) is 4.90 Å². The lowest BCUT2D eigenvalue weighted by Crippen LogP contribution is -2.31. The SMILES string of the molecule is Cc1cccc(C)c1NC(=O)CCCN1C(=O)c2ccccc2C1=O. The van der Waals surface area contributed by atoms with Crippen molar-refractivity contribution in [2.24, 2.45) is 0 Å². The fraction of sp³-hybridized carbons (Fsp3) is 0.250. The minimum Gasteiger partial charge on any atom is -0.326 e. The van der Waals surface area contributed by atoms with Gasteiger partial charge in [0.1, 0.15) is 0 Å². The molecule has 1 aliphatic heterocycles. The number of carbonyl (C=O) groups is 3. The molecule has 1 heterocycles. The molecular formula is C20H20N2O3. The van der Waals surface area contributed by atoms with Crippen molar-refractivity contribution in [2.75, 3.05) is 11.9 Å². The lowest BCUT2D eigenvalue weighted by atomic mass is 10.1. The first-order valence-corrected chi connectivity index (χ1v) is 8.30. The second kappa shape index (κ2) is 6.89. The highest BCUT2D eigenvalue weighted by molar-refractivity contribution is 6.21. The average molecular weight is 336 g/mol. The maximum absolute atomic E-state index is 12.3. The molecule has 1 aliphatic rings. The van der Waals surface area contributed by atoms with Gasteiger partial charge in [-0.25, -0.2) is 0 Å². The molecule has 2 aromatic carbocycles. The molecule has 0 aliphatic carbocycles. The number of aryl methyl sites for hydroxylation is 2. The fourth-order valence-corrected chi connectivity index (χ4v) is 3.05. The smallest absolute Gasteiger partial charge is 0.261 e. The summed E-state index contributed by atoms with van der Waals surface area (Å²) in [6, 6.07) is 12.6. The second-order valence-corrected chi connectivity index (χ2v) is 6.23. The normalized spacial score (nSPS) is 13.1. The molecule has 3 rings (SSSR count). The standard InChI is InChI=1S/C20H20N2O3/c1-13-7-5-8-14(2)18(13)21-17(23)11-6-12-22-19(24)15-9-3-4-10-16(15)20(22)25/h3-5,7-10H,6,11-12H2,1-2H3,(H,21,23). The molecule has 0 atom stereocenters. The van der Waals surface area contributed by atoms with Gasteiger partial charge in [-0.05, 0) is 43.5 Å². The van der Waals surface area contributed by atoms with Crippen LogP contribution in [-0.4, -0.2) is 29.2 Å². The molecule has 0 fully saturated rings. The number of para-hydroxylation sites is 1. The molecule has 25 heavy (non-hydrogen) atoms. The largest absolute Gasteiger partial charge is 0.326 e. The average Bonchev–Trinajstić information content (AvgIpc) is 2.84. The van der Waals surface area contributed by atoms with Crippen LogP contribution in [0.2, 0.25) is 0 Å². The van der Waals surface area contributed by atoms with Crippen LogP contribution < -0.4 is 5.32 Å². The van der Waals surface area contributed by atoms with Crippen LogP contribution in [0.15, 0.2) is 42.5 Å². The number of carbonyl (C=O) groups excluding carboxylic acids is 3. The third-order valence-corrected chi connectivity index (χ3v) is 4.41. The summed E-state index contributed by atoms with van der Waals surface area (Å²) in [5.41, 5.74) is 3.72.